The van der Waals surface area contributed by atoms with Gasteiger partial charge in [-0.15, -0.1) is 0 Å². The summed E-state index contributed by atoms with van der Waals surface area (Å²) in [4.78, 5) is 13.3. The van der Waals surface area contributed by atoms with E-state index in [1.165, 1.54) is 18.0 Å². The molecule has 8 heteroatoms. The number of hydrogen-bond donors (Lipinski definition) is 1. The third kappa shape index (κ3) is 6.13. The predicted octanol–water partition coefficient (Wildman–Crippen LogP) is 2.14. The fraction of sp³-hybridized carbons (Fsp3) is 0.533. The normalized spacial score (nSPS) is 14.2. The Kier molecular flexibility index (Phi) is 6.49. The Labute approximate surface area is 135 Å². The zero-order valence-electron chi connectivity index (χ0n) is 13.6. The summed E-state index contributed by atoms with van der Waals surface area (Å²) in [6.07, 6.45) is 1.11. The molecule has 5 nitrogen and oxygen atoms in total. The van der Waals surface area contributed by atoms with Crippen LogP contribution in [0.3, 0.4) is 0 Å². The summed E-state index contributed by atoms with van der Waals surface area (Å²) >= 11 is 0. The second-order valence-corrected chi connectivity index (χ2v) is 8.00. The largest absolute Gasteiger partial charge is 0.337 e. The number of amides is 2. The van der Waals surface area contributed by atoms with Crippen LogP contribution in [0.2, 0.25) is 0 Å². The summed E-state index contributed by atoms with van der Waals surface area (Å²) < 4.78 is 48.6. The molecule has 0 fully saturated rings. The van der Waals surface area contributed by atoms with Crippen LogP contribution in [-0.4, -0.2) is 51.0 Å². The van der Waals surface area contributed by atoms with Gasteiger partial charge in [0, 0.05) is 25.9 Å². The number of carbonyl (C=O) groups is 1. The van der Waals surface area contributed by atoms with Crippen LogP contribution in [0.4, 0.5) is 13.6 Å². The van der Waals surface area contributed by atoms with Crippen LogP contribution in [0.1, 0.15) is 25.3 Å². The van der Waals surface area contributed by atoms with Crippen molar-refractivity contribution in [2.75, 3.05) is 25.6 Å². The fourth-order valence-corrected chi connectivity index (χ4v) is 3.15. The van der Waals surface area contributed by atoms with Gasteiger partial charge in [0.05, 0.1) is 5.75 Å². The zero-order valence-corrected chi connectivity index (χ0v) is 14.5. The van der Waals surface area contributed by atoms with Crippen LogP contribution in [0.15, 0.2) is 18.2 Å². The van der Waals surface area contributed by atoms with E-state index in [4.69, 9.17) is 0 Å². The number of carbonyl (C=O) groups excluding carboxylic acids is 1. The lowest BCUT2D eigenvalue weighted by Crippen LogP contribution is -2.45. The average Bonchev–Trinajstić information content (AvgIpc) is 2.44. The van der Waals surface area contributed by atoms with E-state index in [1.807, 2.05) is 0 Å². The van der Waals surface area contributed by atoms with E-state index in [0.29, 0.717) is 5.56 Å². The summed E-state index contributed by atoms with van der Waals surface area (Å²) in [7, 11) is -1.68. The van der Waals surface area contributed by atoms with Crippen LogP contribution in [0.5, 0.6) is 0 Å². The molecule has 0 radical (unpaired) electrons. The van der Waals surface area contributed by atoms with Gasteiger partial charge < -0.3 is 10.2 Å². The molecular weight excluding hydrogens is 326 g/mol. The number of sulfone groups is 1. The molecule has 0 spiro atoms. The highest BCUT2D eigenvalue weighted by Gasteiger charge is 2.20. The maximum absolute atomic E-state index is 13.2. The highest BCUT2D eigenvalue weighted by Crippen LogP contribution is 2.17. The minimum atomic E-state index is -3.18. The van der Waals surface area contributed by atoms with Crippen LogP contribution in [0, 0.1) is 11.6 Å². The van der Waals surface area contributed by atoms with Crippen LogP contribution < -0.4 is 5.32 Å². The maximum Gasteiger partial charge on any atom is 0.317 e. The summed E-state index contributed by atoms with van der Waals surface area (Å²) in [6, 6.07) is 2.72. The third-order valence-corrected chi connectivity index (χ3v) is 4.69. The quantitative estimate of drug-likeness (QED) is 0.856. The third-order valence-electron chi connectivity index (χ3n) is 3.60. The highest BCUT2D eigenvalue weighted by molar-refractivity contribution is 7.90. The maximum atomic E-state index is 13.2. The fourth-order valence-electron chi connectivity index (χ4n) is 2.05. The van der Waals surface area contributed by atoms with E-state index >= 15 is 0 Å². The Hall–Kier alpha value is -1.70. The first-order valence-electron chi connectivity index (χ1n) is 7.14. The van der Waals surface area contributed by atoms with E-state index in [1.54, 1.807) is 13.8 Å². The van der Waals surface area contributed by atoms with Crippen molar-refractivity contribution >= 4 is 15.9 Å². The van der Waals surface area contributed by atoms with E-state index in [9.17, 15) is 22.0 Å². The lowest BCUT2D eigenvalue weighted by atomic mass is 10.0. The monoisotopic (exact) mass is 348 g/mol. The van der Waals surface area contributed by atoms with Crippen molar-refractivity contribution in [3.8, 4) is 0 Å². The van der Waals surface area contributed by atoms with Gasteiger partial charge in [-0.25, -0.2) is 22.0 Å². The molecule has 2 unspecified atom stereocenters. The minimum absolute atomic E-state index is 0.129. The second kappa shape index (κ2) is 7.72. The lowest BCUT2D eigenvalue weighted by molar-refractivity contribution is 0.197. The number of rotatable bonds is 6. The van der Waals surface area contributed by atoms with Crippen LogP contribution >= 0.6 is 0 Å². The number of hydrogen-bond acceptors (Lipinski definition) is 3. The number of benzene rings is 1. The molecule has 1 aromatic rings. The minimum Gasteiger partial charge on any atom is -0.337 e. The van der Waals surface area contributed by atoms with Gasteiger partial charge in [0.2, 0.25) is 0 Å². The Morgan fingerprint density at radius 3 is 2.39 bits per heavy atom. The molecule has 1 N–H and O–H groups in total. The van der Waals surface area contributed by atoms with Crippen molar-refractivity contribution < 1.29 is 22.0 Å². The van der Waals surface area contributed by atoms with Gasteiger partial charge in [0.15, 0.2) is 11.6 Å². The Bertz CT molecular complexity index is 665. The molecule has 0 saturated carbocycles. The molecular formula is C15H22F2N2O3S. The van der Waals surface area contributed by atoms with Gasteiger partial charge in [-0.3, -0.25) is 0 Å². The van der Waals surface area contributed by atoms with Crippen molar-refractivity contribution in [2.45, 2.75) is 25.8 Å². The van der Waals surface area contributed by atoms with Crippen molar-refractivity contribution in [2.24, 2.45) is 0 Å². The first-order chi connectivity index (χ1) is 10.5. The first-order valence-corrected chi connectivity index (χ1v) is 9.20. The van der Waals surface area contributed by atoms with Crippen molar-refractivity contribution in [3.05, 3.63) is 35.4 Å². The molecule has 1 aromatic carbocycles. The topological polar surface area (TPSA) is 66.5 Å². The second-order valence-electron chi connectivity index (χ2n) is 5.81. The van der Waals surface area contributed by atoms with Gasteiger partial charge in [0.25, 0.3) is 0 Å². The van der Waals surface area contributed by atoms with Gasteiger partial charge >= 0.3 is 6.03 Å². The van der Waals surface area contributed by atoms with Gasteiger partial charge in [-0.1, -0.05) is 13.0 Å². The standard InChI is InChI=1S/C15H22F2N2O3S/c1-10(12-5-6-13(16)14(17)7-12)8-18-15(20)19(3)11(2)9-23(4,21)22/h5-7,10-11H,8-9H2,1-4H3,(H,18,20). The summed E-state index contributed by atoms with van der Waals surface area (Å²) in [5, 5.41) is 2.66. The Morgan fingerprint density at radius 2 is 1.87 bits per heavy atom. The molecule has 0 aromatic heterocycles. The van der Waals surface area contributed by atoms with Gasteiger partial charge in [0.1, 0.15) is 9.84 Å². The highest BCUT2D eigenvalue weighted by atomic mass is 32.2. The summed E-state index contributed by atoms with van der Waals surface area (Å²) in [5.41, 5.74) is 0.566. The Balaban J connectivity index is 2.59. The van der Waals surface area contributed by atoms with Crippen molar-refractivity contribution in [3.63, 3.8) is 0 Å². The van der Waals surface area contributed by atoms with Crippen molar-refractivity contribution in [1.82, 2.24) is 10.2 Å². The number of urea groups is 1. The van der Waals surface area contributed by atoms with Crippen molar-refractivity contribution in [1.29, 1.82) is 0 Å². The summed E-state index contributed by atoms with van der Waals surface area (Å²) in [6.45, 7) is 3.63. The molecule has 0 aliphatic heterocycles. The lowest BCUT2D eigenvalue weighted by Gasteiger charge is -2.25. The molecule has 0 bridgehead atoms. The molecule has 0 aliphatic carbocycles. The molecule has 130 valence electrons. The molecule has 1 rings (SSSR count). The predicted molar refractivity (Wildman–Crippen MR) is 85.1 cm³/mol. The first kappa shape index (κ1) is 19.3. The SMILES string of the molecule is CC(CNC(=O)N(C)C(C)CS(C)(=O)=O)c1ccc(F)c(F)c1. The molecule has 0 aliphatic rings. The van der Waals surface area contributed by atoms with Gasteiger partial charge in [-0.2, -0.15) is 0 Å². The van der Waals surface area contributed by atoms with E-state index in [2.05, 4.69) is 5.32 Å². The van der Waals surface area contributed by atoms with Gasteiger partial charge in [-0.05, 0) is 30.5 Å². The van der Waals surface area contributed by atoms with E-state index in [-0.39, 0.29) is 18.2 Å². The zero-order chi connectivity index (χ0) is 17.8. The molecule has 2 atom stereocenters. The molecule has 0 saturated heterocycles. The average molecular weight is 348 g/mol. The Morgan fingerprint density at radius 1 is 1.26 bits per heavy atom. The molecule has 2 amide bonds. The number of halogens is 2. The smallest absolute Gasteiger partial charge is 0.317 e. The van der Waals surface area contributed by atoms with Crippen LogP contribution in [0.25, 0.3) is 0 Å². The molecule has 23 heavy (non-hydrogen) atoms. The number of nitrogens with one attached hydrogen (secondary N) is 1. The van der Waals surface area contributed by atoms with E-state index in [0.717, 1.165) is 18.4 Å². The summed E-state index contributed by atoms with van der Waals surface area (Å²) in [5.74, 6) is -2.19. The number of nitrogens with zero attached hydrogens (tertiary/aromatic N) is 1. The van der Waals surface area contributed by atoms with E-state index < -0.39 is 33.5 Å². The molecule has 0 heterocycles. The van der Waals surface area contributed by atoms with Crippen LogP contribution in [-0.2, 0) is 9.84 Å².